The van der Waals surface area contributed by atoms with Crippen molar-refractivity contribution < 1.29 is 9.53 Å². The Balaban J connectivity index is 1.64. The molecule has 1 aliphatic heterocycles. The lowest BCUT2D eigenvalue weighted by Crippen LogP contribution is -2.38. The van der Waals surface area contributed by atoms with Crippen LogP contribution in [0.4, 0.5) is 11.5 Å². The Morgan fingerprint density at radius 2 is 2.09 bits per heavy atom. The van der Waals surface area contributed by atoms with Crippen molar-refractivity contribution in [3.63, 3.8) is 0 Å². The third-order valence-electron chi connectivity index (χ3n) is 3.71. The van der Waals surface area contributed by atoms with Crippen LogP contribution >= 0.6 is 0 Å². The van der Waals surface area contributed by atoms with Crippen LogP contribution in [0.3, 0.4) is 0 Å². The molecule has 0 saturated carbocycles. The highest BCUT2D eigenvalue weighted by molar-refractivity contribution is 5.94. The van der Waals surface area contributed by atoms with E-state index in [1.165, 1.54) is 0 Å². The lowest BCUT2D eigenvalue weighted by Gasteiger charge is -2.28. The Labute approximate surface area is 129 Å². The number of benzene rings is 1. The summed E-state index contributed by atoms with van der Waals surface area (Å²) in [7, 11) is 1.62. The minimum Gasteiger partial charge on any atom is -0.497 e. The van der Waals surface area contributed by atoms with Crippen LogP contribution in [0.1, 0.15) is 12.1 Å². The number of fused-ring (bicyclic) bond motifs is 1. The normalized spacial score (nSPS) is 13.6. The Hall–Kier alpha value is -2.50. The smallest absolute Gasteiger partial charge is 0.243 e. The molecule has 1 N–H and O–H groups in total. The minimum atomic E-state index is -0.0301. The molecule has 3 rings (SSSR count). The van der Waals surface area contributed by atoms with Crippen LogP contribution < -0.4 is 15.0 Å². The highest BCUT2D eigenvalue weighted by Gasteiger charge is 2.20. The van der Waals surface area contributed by atoms with Crippen LogP contribution in [0.2, 0.25) is 0 Å². The van der Waals surface area contributed by atoms with Crippen LogP contribution in [0.5, 0.6) is 5.75 Å². The van der Waals surface area contributed by atoms with Gasteiger partial charge in [-0.05, 0) is 37.6 Å². The van der Waals surface area contributed by atoms with E-state index < -0.39 is 0 Å². The first-order valence-corrected chi connectivity index (χ1v) is 7.39. The minimum absolute atomic E-state index is 0.0301. The van der Waals surface area contributed by atoms with Crippen molar-refractivity contribution in [1.82, 2.24) is 9.78 Å². The molecule has 0 aliphatic carbocycles. The van der Waals surface area contributed by atoms with Gasteiger partial charge in [-0.3, -0.25) is 4.79 Å². The summed E-state index contributed by atoms with van der Waals surface area (Å²) >= 11 is 0. The largest absolute Gasteiger partial charge is 0.497 e. The van der Waals surface area contributed by atoms with E-state index in [1.807, 2.05) is 41.9 Å². The molecule has 0 bridgehead atoms. The number of aryl methyl sites for hydroxylation is 2. The van der Waals surface area contributed by atoms with E-state index in [9.17, 15) is 4.79 Å². The average Bonchev–Trinajstić information content (AvgIpc) is 2.89. The number of ether oxygens (including phenoxy) is 1. The molecule has 116 valence electrons. The van der Waals surface area contributed by atoms with E-state index >= 15 is 0 Å². The molecule has 2 aromatic rings. The highest BCUT2D eigenvalue weighted by atomic mass is 16.5. The van der Waals surface area contributed by atoms with Gasteiger partial charge in [0.05, 0.1) is 19.3 Å². The maximum atomic E-state index is 12.2. The van der Waals surface area contributed by atoms with Gasteiger partial charge >= 0.3 is 0 Å². The van der Waals surface area contributed by atoms with Gasteiger partial charge in [-0.15, -0.1) is 0 Å². The van der Waals surface area contributed by atoms with Crippen molar-refractivity contribution in [3.8, 4) is 5.75 Å². The molecule has 0 unspecified atom stereocenters. The van der Waals surface area contributed by atoms with Gasteiger partial charge in [-0.25, -0.2) is 4.68 Å². The molecule has 0 atom stereocenters. The van der Waals surface area contributed by atoms with Gasteiger partial charge in [-0.2, -0.15) is 5.10 Å². The fourth-order valence-corrected chi connectivity index (χ4v) is 2.69. The van der Waals surface area contributed by atoms with E-state index in [0.717, 1.165) is 42.5 Å². The number of rotatable bonds is 4. The monoisotopic (exact) mass is 300 g/mol. The zero-order valence-corrected chi connectivity index (χ0v) is 12.9. The number of carbonyl (C=O) groups is 1. The standard InChI is InChI=1S/C16H20N4O2/c1-12-10-16-19(8-3-9-20(16)18-12)11-15(21)17-13-4-6-14(22-2)7-5-13/h4-7,10H,3,8-9,11H2,1-2H3,(H,17,21). The number of hydrogen-bond acceptors (Lipinski definition) is 4. The van der Waals surface area contributed by atoms with Crippen molar-refractivity contribution >= 4 is 17.4 Å². The van der Waals surface area contributed by atoms with Crippen molar-refractivity contribution in [1.29, 1.82) is 0 Å². The van der Waals surface area contributed by atoms with E-state index in [0.29, 0.717) is 6.54 Å². The molecule has 6 heteroatoms. The van der Waals surface area contributed by atoms with Gasteiger partial charge < -0.3 is 15.0 Å². The topological polar surface area (TPSA) is 59.4 Å². The quantitative estimate of drug-likeness (QED) is 0.939. The van der Waals surface area contributed by atoms with Crippen LogP contribution in [0.15, 0.2) is 30.3 Å². The van der Waals surface area contributed by atoms with E-state index in [2.05, 4.69) is 15.3 Å². The molecule has 1 aliphatic rings. The maximum Gasteiger partial charge on any atom is 0.243 e. The Morgan fingerprint density at radius 1 is 1.32 bits per heavy atom. The predicted octanol–water partition coefficient (Wildman–Crippen LogP) is 2.05. The molecule has 1 amide bonds. The summed E-state index contributed by atoms with van der Waals surface area (Å²) in [5, 5.41) is 7.35. The average molecular weight is 300 g/mol. The Morgan fingerprint density at radius 3 is 2.82 bits per heavy atom. The molecule has 22 heavy (non-hydrogen) atoms. The molecular weight excluding hydrogens is 280 g/mol. The third-order valence-corrected chi connectivity index (χ3v) is 3.71. The summed E-state index contributed by atoms with van der Waals surface area (Å²) in [6, 6.07) is 9.35. The molecule has 1 aromatic heterocycles. The summed E-state index contributed by atoms with van der Waals surface area (Å²) in [6.07, 6.45) is 1.00. The summed E-state index contributed by atoms with van der Waals surface area (Å²) in [4.78, 5) is 14.3. The fourth-order valence-electron chi connectivity index (χ4n) is 2.69. The molecule has 0 fully saturated rings. The van der Waals surface area contributed by atoms with Gasteiger partial charge in [0, 0.05) is 24.8 Å². The molecule has 1 aromatic carbocycles. The van der Waals surface area contributed by atoms with E-state index in [-0.39, 0.29) is 5.91 Å². The number of nitrogens with one attached hydrogen (secondary N) is 1. The van der Waals surface area contributed by atoms with Gasteiger partial charge in [0.2, 0.25) is 5.91 Å². The highest BCUT2D eigenvalue weighted by Crippen LogP contribution is 2.21. The predicted molar refractivity (Wildman–Crippen MR) is 85.4 cm³/mol. The number of carbonyl (C=O) groups excluding carboxylic acids is 1. The molecule has 6 nitrogen and oxygen atoms in total. The van der Waals surface area contributed by atoms with Crippen molar-refractivity contribution in [2.45, 2.75) is 19.9 Å². The lowest BCUT2D eigenvalue weighted by atomic mass is 10.2. The van der Waals surface area contributed by atoms with Gasteiger partial charge in [0.25, 0.3) is 0 Å². The first-order valence-electron chi connectivity index (χ1n) is 7.39. The number of hydrogen-bond donors (Lipinski definition) is 1. The van der Waals surface area contributed by atoms with E-state index in [4.69, 9.17) is 4.74 Å². The number of amides is 1. The Bertz CT molecular complexity index is 663. The number of anilines is 2. The second-order valence-electron chi connectivity index (χ2n) is 5.42. The van der Waals surface area contributed by atoms with Crippen LogP contribution in [0.25, 0.3) is 0 Å². The van der Waals surface area contributed by atoms with Crippen molar-refractivity contribution in [3.05, 3.63) is 36.0 Å². The van der Waals surface area contributed by atoms with E-state index in [1.54, 1.807) is 7.11 Å². The van der Waals surface area contributed by atoms with Crippen LogP contribution in [0, 0.1) is 6.92 Å². The summed E-state index contributed by atoms with van der Waals surface area (Å²) < 4.78 is 7.08. The first-order chi connectivity index (χ1) is 10.7. The molecule has 0 radical (unpaired) electrons. The second-order valence-corrected chi connectivity index (χ2v) is 5.42. The zero-order valence-electron chi connectivity index (χ0n) is 12.9. The summed E-state index contributed by atoms with van der Waals surface area (Å²) in [5.74, 6) is 1.76. The third kappa shape index (κ3) is 3.05. The SMILES string of the molecule is COc1ccc(NC(=O)CN2CCCn3nc(C)cc32)cc1. The van der Waals surface area contributed by atoms with Crippen molar-refractivity contribution in [2.24, 2.45) is 0 Å². The second kappa shape index (κ2) is 6.09. The molecule has 0 saturated heterocycles. The fraction of sp³-hybridized carbons (Fsp3) is 0.375. The molecule has 2 heterocycles. The lowest BCUT2D eigenvalue weighted by molar-refractivity contribution is -0.115. The molecule has 0 spiro atoms. The number of methoxy groups -OCH3 is 1. The zero-order chi connectivity index (χ0) is 15.5. The maximum absolute atomic E-state index is 12.2. The first kappa shape index (κ1) is 14.4. The summed E-state index contributed by atoms with van der Waals surface area (Å²) in [6.45, 7) is 4.10. The van der Waals surface area contributed by atoms with Gasteiger partial charge in [0.1, 0.15) is 11.6 Å². The summed E-state index contributed by atoms with van der Waals surface area (Å²) in [5.41, 5.74) is 1.75. The molecular formula is C16H20N4O2. The van der Waals surface area contributed by atoms with Crippen LogP contribution in [-0.2, 0) is 11.3 Å². The van der Waals surface area contributed by atoms with Crippen molar-refractivity contribution in [2.75, 3.05) is 30.4 Å². The van der Waals surface area contributed by atoms with Gasteiger partial charge in [-0.1, -0.05) is 0 Å². The van der Waals surface area contributed by atoms with Crippen LogP contribution in [-0.4, -0.2) is 35.9 Å². The Kier molecular flexibility index (Phi) is 4.00. The number of aromatic nitrogens is 2. The number of nitrogens with zero attached hydrogens (tertiary/aromatic N) is 3. The van der Waals surface area contributed by atoms with Gasteiger partial charge in [0.15, 0.2) is 0 Å².